The Morgan fingerprint density at radius 2 is 1.87 bits per heavy atom. The summed E-state index contributed by atoms with van der Waals surface area (Å²) in [4.78, 5) is 9.20. The van der Waals surface area contributed by atoms with Crippen molar-refractivity contribution in [3.05, 3.63) is 24.4 Å². The van der Waals surface area contributed by atoms with Gasteiger partial charge in [-0.15, -0.1) is 0 Å². The van der Waals surface area contributed by atoms with E-state index in [1.165, 1.54) is 0 Å². The number of aromatic nitrogens is 1. The molecule has 2 heterocycles. The topological polar surface area (TPSA) is 19.4 Å². The number of anilines is 1. The second-order valence-corrected chi connectivity index (χ2v) is 4.46. The molecule has 0 aliphatic carbocycles. The van der Waals surface area contributed by atoms with Crippen molar-refractivity contribution in [1.82, 2.24) is 9.88 Å². The maximum absolute atomic E-state index is 4.40. The Morgan fingerprint density at radius 1 is 1.20 bits per heavy atom. The van der Waals surface area contributed by atoms with Gasteiger partial charge in [0.1, 0.15) is 5.82 Å². The zero-order valence-electron chi connectivity index (χ0n) is 9.72. The van der Waals surface area contributed by atoms with Gasteiger partial charge in [-0.05, 0) is 33.0 Å². The van der Waals surface area contributed by atoms with Crippen molar-refractivity contribution in [2.45, 2.75) is 25.9 Å². The van der Waals surface area contributed by atoms with Crippen LogP contribution in [-0.2, 0) is 0 Å². The van der Waals surface area contributed by atoms with Crippen LogP contribution in [-0.4, -0.2) is 42.1 Å². The molecule has 1 fully saturated rings. The molecule has 0 saturated carbocycles. The van der Waals surface area contributed by atoms with Gasteiger partial charge in [0, 0.05) is 31.4 Å². The summed E-state index contributed by atoms with van der Waals surface area (Å²) in [6.45, 7) is 6.67. The molecular weight excluding hydrogens is 186 g/mol. The van der Waals surface area contributed by atoms with Crippen molar-refractivity contribution >= 4 is 5.82 Å². The number of nitrogens with zero attached hydrogens (tertiary/aromatic N) is 3. The van der Waals surface area contributed by atoms with Crippen LogP contribution in [0.15, 0.2) is 24.4 Å². The third kappa shape index (κ3) is 2.12. The molecule has 2 unspecified atom stereocenters. The van der Waals surface area contributed by atoms with Crippen molar-refractivity contribution in [3.63, 3.8) is 0 Å². The van der Waals surface area contributed by atoms with Gasteiger partial charge >= 0.3 is 0 Å². The summed E-state index contributed by atoms with van der Waals surface area (Å²) in [6, 6.07) is 7.29. The highest BCUT2D eigenvalue weighted by molar-refractivity contribution is 5.38. The quantitative estimate of drug-likeness (QED) is 0.694. The maximum atomic E-state index is 4.40. The number of piperazine rings is 1. The lowest BCUT2D eigenvalue weighted by Crippen LogP contribution is -2.55. The summed E-state index contributed by atoms with van der Waals surface area (Å²) < 4.78 is 0. The first-order chi connectivity index (χ1) is 7.18. The van der Waals surface area contributed by atoms with Crippen molar-refractivity contribution in [2.75, 3.05) is 25.0 Å². The van der Waals surface area contributed by atoms with Crippen molar-refractivity contribution in [1.29, 1.82) is 0 Å². The van der Waals surface area contributed by atoms with E-state index in [0.717, 1.165) is 18.9 Å². The van der Waals surface area contributed by atoms with Crippen LogP contribution in [0.2, 0.25) is 0 Å². The van der Waals surface area contributed by atoms with Gasteiger partial charge in [0.2, 0.25) is 0 Å². The molecule has 3 heteroatoms. The third-order valence-electron chi connectivity index (χ3n) is 3.33. The average molecular weight is 205 g/mol. The highest BCUT2D eigenvalue weighted by atomic mass is 15.3. The number of rotatable bonds is 1. The molecule has 2 rings (SSSR count). The van der Waals surface area contributed by atoms with E-state index in [0.29, 0.717) is 12.1 Å². The average Bonchev–Trinajstić information content (AvgIpc) is 2.26. The smallest absolute Gasteiger partial charge is 0.128 e. The lowest BCUT2D eigenvalue weighted by atomic mass is 10.1. The molecule has 0 bridgehead atoms. The zero-order valence-corrected chi connectivity index (χ0v) is 9.72. The summed E-state index contributed by atoms with van der Waals surface area (Å²) in [6.07, 6.45) is 1.86. The Morgan fingerprint density at radius 3 is 2.40 bits per heavy atom. The summed E-state index contributed by atoms with van der Waals surface area (Å²) in [5, 5.41) is 0. The molecule has 1 aliphatic heterocycles. The molecule has 1 aromatic rings. The van der Waals surface area contributed by atoms with Crippen LogP contribution in [0.25, 0.3) is 0 Å². The minimum atomic E-state index is 0.593. The second-order valence-electron chi connectivity index (χ2n) is 4.46. The molecule has 3 nitrogen and oxygen atoms in total. The summed E-state index contributed by atoms with van der Waals surface area (Å²) in [5.74, 6) is 1.10. The lowest BCUT2D eigenvalue weighted by Gasteiger charge is -2.42. The van der Waals surface area contributed by atoms with Crippen LogP contribution in [0, 0.1) is 0 Å². The van der Waals surface area contributed by atoms with Gasteiger partial charge in [0.25, 0.3) is 0 Å². The largest absolute Gasteiger partial charge is 0.354 e. The Kier molecular flexibility index (Phi) is 2.91. The van der Waals surface area contributed by atoms with Crippen molar-refractivity contribution < 1.29 is 0 Å². The molecule has 2 atom stereocenters. The standard InChI is InChI=1S/C12H19N3/c1-10-8-15(9-11(2)14(10)3)12-6-4-5-7-13-12/h4-7,10-11H,8-9H2,1-3H3. The third-order valence-corrected chi connectivity index (χ3v) is 3.33. The van der Waals surface area contributed by atoms with Crippen LogP contribution in [0.4, 0.5) is 5.82 Å². The van der Waals surface area contributed by atoms with Crippen LogP contribution in [0.5, 0.6) is 0 Å². The molecule has 0 spiro atoms. The SMILES string of the molecule is CC1CN(c2ccccn2)CC(C)N1C. The fourth-order valence-electron chi connectivity index (χ4n) is 2.13. The van der Waals surface area contributed by atoms with E-state index in [9.17, 15) is 0 Å². The first kappa shape index (κ1) is 10.4. The van der Waals surface area contributed by atoms with Crippen LogP contribution < -0.4 is 4.90 Å². The summed E-state index contributed by atoms with van der Waals surface area (Å²) in [7, 11) is 2.20. The Hall–Kier alpha value is -1.09. The van der Waals surface area contributed by atoms with Gasteiger partial charge in [-0.25, -0.2) is 4.98 Å². The predicted molar refractivity (Wildman–Crippen MR) is 63.1 cm³/mol. The monoisotopic (exact) mass is 205 g/mol. The minimum Gasteiger partial charge on any atom is -0.354 e. The lowest BCUT2D eigenvalue weighted by molar-refractivity contribution is 0.169. The van der Waals surface area contributed by atoms with Gasteiger partial charge in [-0.2, -0.15) is 0 Å². The van der Waals surface area contributed by atoms with E-state index in [1.807, 2.05) is 12.3 Å². The molecule has 0 N–H and O–H groups in total. The van der Waals surface area contributed by atoms with Gasteiger partial charge in [0.05, 0.1) is 0 Å². The maximum Gasteiger partial charge on any atom is 0.128 e. The van der Waals surface area contributed by atoms with Crippen molar-refractivity contribution in [3.8, 4) is 0 Å². The first-order valence-corrected chi connectivity index (χ1v) is 5.56. The highest BCUT2D eigenvalue weighted by Gasteiger charge is 2.26. The number of hydrogen-bond donors (Lipinski definition) is 0. The zero-order chi connectivity index (χ0) is 10.8. The van der Waals surface area contributed by atoms with Gasteiger partial charge < -0.3 is 4.90 Å². The van der Waals surface area contributed by atoms with Gasteiger partial charge in [0.15, 0.2) is 0 Å². The van der Waals surface area contributed by atoms with E-state index < -0.39 is 0 Å². The molecule has 1 aromatic heterocycles. The molecule has 1 aliphatic rings. The van der Waals surface area contributed by atoms with Gasteiger partial charge in [-0.3, -0.25) is 4.90 Å². The molecule has 82 valence electrons. The first-order valence-electron chi connectivity index (χ1n) is 5.56. The molecular formula is C12H19N3. The molecule has 0 aromatic carbocycles. The molecule has 15 heavy (non-hydrogen) atoms. The Balaban J connectivity index is 2.13. The Bertz CT molecular complexity index is 300. The highest BCUT2D eigenvalue weighted by Crippen LogP contribution is 2.18. The van der Waals surface area contributed by atoms with Gasteiger partial charge in [-0.1, -0.05) is 6.07 Å². The van der Waals surface area contributed by atoms with E-state index >= 15 is 0 Å². The normalized spacial score (nSPS) is 28.1. The summed E-state index contributed by atoms with van der Waals surface area (Å²) in [5.41, 5.74) is 0. The van der Waals surface area contributed by atoms with Crippen LogP contribution in [0.1, 0.15) is 13.8 Å². The van der Waals surface area contributed by atoms with Crippen LogP contribution >= 0.6 is 0 Å². The molecule has 0 amide bonds. The molecule has 1 saturated heterocycles. The fraction of sp³-hybridized carbons (Fsp3) is 0.583. The Labute approximate surface area is 91.7 Å². The van der Waals surface area contributed by atoms with Crippen LogP contribution in [0.3, 0.4) is 0 Å². The second kappa shape index (κ2) is 4.19. The fourth-order valence-corrected chi connectivity index (χ4v) is 2.13. The van der Waals surface area contributed by atoms with E-state index in [2.05, 4.69) is 47.8 Å². The van der Waals surface area contributed by atoms with E-state index in [1.54, 1.807) is 0 Å². The predicted octanol–water partition coefficient (Wildman–Crippen LogP) is 1.61. The number of hydrogen-bond acceptors (Lipinski definition) is 3. The molecule has 0 radical (unpaired) electrons. The minimum absolute atomic E-state index is 0.593. The summed E-state index contributed by atoms with van der Waals surface area (Å²) >= 11 is 0. The van der Waals surface area contributed by atoms with Crippen molar-refractivity contribution in [2.24, 2.45) is 0 Å². The van der Waals surface area contributed by atoms with E-state index in [4.69, 9.17) is 0 Å². The number of pyridine rings is 1. The van der Waals surface area contributed by atoms with E-state index in [-0.39, 0.29) is 0 Å². The number of likely N-dealkylation sites (N-methyl/N-ethyl adjacent to an activating group) is 1.